The molecule has 0 aliphatic rings. The number of rotatable bonds is 11. The van der Waals surface area contributed by atoms with Crippen molar-refractivity contribution in [1.29, 1.82) is 0 Å². The fourth-order valence-corrected chi connectivity index (χ4v) is 6.12. The summed E-state index contributed by atoms with van der Waals surface area (Å²) in [6.07, 6.45) is 2.12. The summed E-state index contributed by atoms with van der Waals surface area (Å²) in [6.45, 7) is 21.6. The summed E-state index contributed by atoms with van der Waals surface area (Å²) >= 11 is 0. The highest BCUT2D eigenvalue weighted by Gasteiger charge is 2.35. The zero-order valence-corrected chi connectivity index (χ0v) is 23.6. The molecule has 184 valence electrons. The van der Waals surface area contributed by atoms with E-state index in [9.17, 15) is 0 Å². The summed E-state index contributed by atoms with van der Waals surface area (Å²) in [5.41, 5.74) is 6.75. The van der Waals surface area contributed by atoms with Gasteiger partial charge in [-0.15, -0.1) is 0 Å². The molecule has 0 saturated heterocycles. The van der Waals surface area contributed by atoms with Gasteiger partial charge in [-0.1, -0.05) is 87.4 Å². The lowest BCUT2D eigenvalue weighted by atomic mass is 9.81. The summed E-state index contributed by atoms with van der Waals surface area (Å²) in [7, 11) is 2.35. The highest BCUT2D eigenvalue weighted by molar-refractivity contribution is 7.48. The van der Waals surface area contributed by atoms with Gasteiger partial charge in [-0.2, -0.15) is 0 Å². The third kappa shape index (κ3) is 6.81. The molecule has 0 heterocycles. The number of methoxy groups -OCH3 is 1. The maximum atomic E-state index is 6.24. The smallest absolute Gasteiger partial charge is 0.188 e. The van der Waals surface area contributed by atoms with Crippen molar-refractivity contribution in [2.24, 2.45) is 0 Å². The first-order valence-corrected chi connectivity index (χ1v) is 13.4. The van der Waals surface area contributed by atoms with Gasteiger partial charge in [-0.3, -0.25) is 0 Å². The van der Waals surface area contributed by atoms with Crippen LogP contribution in [0.5, 0.6) is 5.75 Å². The van der Waals surface area contributed by atoms with Gasteiger partial charge in [0.15, 0.2) is 6.79 Å². The van der Waals surface area contributed by atoms with Crippen molar-refractivity contribution in [2.75, 3.05) is 13.9 Å². The Balaban J connectivity index is 2.70. The van der Waals surface area contributed by atoms with Gasteiger partial charge in [0.05, 0.1) is 0 Å². The Kier molecular flexibility index (Phi) is 9.97. The summed E-state index contributed by atoms with van der Waals surface area (Å²) in [6, 6.07) is 11.9. The third-order valence-electron chi connectivity index (χ3n) is 6.61. The molecular formula is C29H46NO2P. The van der Waals surface area contributed by atoms with Crippen LogP contribution < -0.4 is 15.4 Å². The molecule has 3 nitrogen and oxygen atoms in total. The van der Waals surface area contributed by atoms with Crippen molar-refractivity contribution in [3.05, 3.63) is 58.1 Å². The number of hydrogen-bond acceptors (Lipinski definition) is 3. The van der Waals surface area contributed by atoms with E-state index < -0.39 is 0 Å². The molecule has 0 saturated carbocycles. The molecule has 1 N–H and O–H groups in total. The molecule has 0 bridgehead atoms. The largest absolute Gasteiger partial charge is 0.467 e. The molecule has 0 aliphatic heterocycles. The first-order chi connectivity index (χ1) is 15.5. The van der Waals surface area contributed by atoms with Crippen molar-refractivity contribution in [3.63, 3.8) is 0 Å². The molecule has 2 aromatic carbocycles. The van der Waals surface area contributed by atoms with Crippen molar-refractivity contribution in [3.8, 4) is 5.75 Å². The molecule has 2 aromatic rings. The number of benzene rings is 2. The fraction of sp³-hybridized carbons (Fsp3) is 0.586. The Morgan fingerprint density at radius 2 is 1.67 bits per heavy atom. The van der Waals surface area contributed by atoms with Crippen LogP contribution in [0.2, 0.25) is 0 Å². The third-order valence-corrected chi connectivity index (χ3v) is 9.03. The highest BCUT2D eigenvalue weighted by Crippen LogP contribution is 2.52. The zero-order chi connectivity index (χ0) is 24.8. The monoisotopic (exact) mass is 471 g/mol. The van der Waals surface area contributed by atoms with E-state index in [0.29, 0.717) is 14.6 Å². The Morgan fingerprint density at radius 3 is 2.21 bits per heavy atom. The Morgan fingerprint density at radius 1 is 1.00 bits per heavy atom. The van der Waals surface area contributed by atoms with Crippen LogP contribution in [0.15, 0.2) is 30.3 Å². The van der Waals surface area contributed by atoms with E-state index in [1.807, 2.05) is 0 Å². The Hall–Kier alpha value is -1.41. The van der Waals surface area contributed by atoms with Crippen LogP contribution in [0.1, 0.15) is 89.1 Å². The second-order valence-corrected chi connectivity index (χ2v) is 12.2. The summed E-state index contributed by atoms with van der Waals surface area (Å²) in [5, 5.41) is 5.13. The minimum Gasteiger partial charge on any atom is -0.467 e. The molecule has 1 unspecified atom stereocenters. The number of hydrogen-bond donors (Lipinski definition) is 1. The lowest BCUT2D eigenvalue weighted by molar-refractivity contribution is 0.0494. The summed E-state index contributed by atoms with van der Waals surface area (Å²) < 4.78 is 11.6. The second-order valence-electron chi connectivity index (χ2n) is 10.5. The lowest BCUT2D eigenvalue weighted by Gasteiger charge is -2.37. The van der Waals surface area contributed by atoms with Crippen LogP contribution in [0, 0.1) is 13.8 Å². The van der Waals surface area contributed by atoms with Crippen molar-refractivity contribution in [2.45, 2.75) is 98.3 Å². The minimum atomic E-state index is 0.00773. The lowest BCUT2D eigenvalue weighted by Crippen LogP contribution is -2.29. The molecule has 0 aromatic heterocycles. The number of ether oxygens (including phenoxy) is 2. The molecule has 0 fully saturated rings. The number of aryl methyl sites for hydroxylation is 2. The predicted molar refractivity (Wildman–Crippen MR) is 146 cm³/mol. The van der Waals surface area contributed by atoms with Gasteiger partial charge >= 0.3 is 0 Å². The van der Waals surface area contributed by atoms with E-state index in [1.165, 1.54) is 33.1 Å². The van der Waals surface area contributed by atoms with Crippen molar-refractivity contribution in [1.82, 2.24) is 5.32 Å². The van der Waals surface area contributed by atoms with Crippen molar-refractivity contribution >= 4 is 13.9 Å². The summed E-state index contributed by atoms with van der Waals surface area (Å²) in [5.74, 6) is 0.997. The fourth-order valence-electron chi connectivity index (χ4n) is 4.35. The predicted octanol–water partition coefficient (Wildman–Crippen LogP) is 7.10. The molecule has 2 rings (SSSR count). The second kappa shape index (κ2) is 11.8. The van der Waals surface area contributed by atoms with Crippen LogP contribution in [-0.2, 0) is 21.9 Å². The summed E-state index contributed by atoms with van der Waals surface area (Å²) in [4.78, 5) is 0. The molecule has 33 heavy (non-hydrogen) atoms. The van der Waals surface area contributed by atoms with E-state index in [2.05, 4.69) is 98.0 Å². The first-order valence-electron chi connectivity index (χ1n) is 12.4. The van der Waals surface area contributed by atoms with Gasteiger partial charge < -0.3 is 14.8 Å². The van der Waals surface area contributed by atoms with E-state index in [4.69, 9.17) is 9.47 Å². The highest BCUT2D eigenvalue weighted by atomic mass is 31.1. The average molecular weight is 472 g/mol. The topological polar surface area (TPSA) is 30.5 Å². The van der Waals surface area contributed by atoms with Gasteiger partial charge in [0, 0.05) is 30.4 Å². The van der Waals surface area contributed by atoms with Gasteiger partial charge in [-0.05, 0) is 59.7 Å². The normalized spacial score (nSPS) is 12.8. The Labute approximate surface area is 204 Å². The first kappa shape index (κ1) is 27.8. The van der Waals surface area contributed by atoms with Crippen LogP contribution in [-0.4, -0.2) is 19.9 Å². The van der Waals surface area contributed by atoms with Crippen LogP contribution in [0.25, 0.3) is 0 Å². The number of nitrogens with one attached hydrogen (secondary N) is 1. The van der Waals surface area contributed by atoms with Crippen molar-refractivity contribution < 1.29 is 9.47 Å². The molecule has 1 atom stereocenters. The Bertz CT molecular complexity index is 911. The molecule has 0 amide bonds. The van der Waals surface area contributed by atoms with E-state index in [0.717, 1.165) is 25.1 Å². The molecule has 0 spiro atoms. The maximum absolute atomic E-state index is 6.24. The standard InChI is InChI=1S/C29H46NO2P/c1-11-29(12-2,33-27-21(5)14-13-15-23(27)18-30-20(3)4)25-17-24(28(7,8)9)16-22(6)26(25)32-19-31-10/h13-17,20,30,33H,11-12,18-19H2,1-10H3. The van der Waals surface area contributed by atoms with Crippen LogP contribution >= 0.6 is 8.58 Å². The van der Waals surface area contributed by atoms with E-state index in [1.54, 1.807) is 7.11 Å². The van der Waals surface area contributed by atoms with Crippen LogP contribution in [0.3, 0.4) is 0 Å². The van der Waals surface area contributed by atoms with Crippen LogP contribution in [0.4, 0.5) is 0 Å². The molecular weight excluding hydrogens is 425 g/mol. The quantitative estimate of drug-likeness (QED) is 0.280. The van der Waals surface area contributed by atoms with Gasteiger partial charge in [-0.25, -0.2) is 0 Å². The molecule has 4 heteroatoms. The van der Waals surface area contributed by atoms with Gasteiger partial charge in [0.25, 0.3) is 0 Å². The van der Waals surface area contributed by atoms with E-state index >= 15 is 0 Å². The SMILES string of the molecule is CCC(CC)(Pc1c(C)cccc1CNC(C)C)c1cc(C(C)(C)C)cc(C)c1OCOC. The van der Waals surface area contributed by atoms with E-state index in [-0.39, 0.29) is 17.4 Å². The maximum Gasteiger partial charge on any atom is 0.188 e. The molecule has 0 radical (unpaired) electrons. The average Bonchev–Trinajstić information content (AvgIpc) is 2.75. The molecule has 0 aliphatic carbocycles. The minimum absolute atomic E-state index is 0.00773. The van der Waals surface area contributed by atoms with Gasteiger partial charge in [0.1, 0.15) is 5.75 Å². The zero-order valence-electron chi connectivity index (χ0n) is 22.6. The van der Waals surface area contributed by atoms with Gasteiger partial charge in [0.2, 0.25) is 0 Å².